The zero-order valence-corrected chi connectivity index (χ0v) is 11.3. The van der Waals surface area contributed by atoms with Gasteiger partial charge in [-0.2, -0.15) is 0 Å². The van der Waals surface area contributed by atoms with Gasteiger partial charge in [-0.1, -0.05) is 26.2 Å². The second-order valence-electron chi connectivity index (χ2n) is 3.87. The Balaban J connectivity index is 3.64. The molecular formula is C12H21ClO4. The molecule has 0 N–H and O–H groups in total. The summed E-state index contributed by atoms with van der Waals surface area (Å²) in [5, 5.41) is 0. The van der Waals surface area contributed by atoms with Gasteiger partial charge in [-0.3, -0.25) is 9.59 Å². The van der Waals surface area contributed by atoms with Crippen molar-refractivity contribution in [1.82, 2.24) is 0 Å². The van der Waals surface area contributed by atoms with Crippen LogP contribution < -0.4 is 0 Å². The van der Waals surface area contributed by atoms with E-state index in [4.69, 9.17) is 21.1 Å². The summed E-state index contributed by atoms with van der Waals surface area (Å²) in [6, 6.07) is 0. The second kappa shape index (κ2) is 10.4. The first-order valence-electron chi connectivity index (χ1n) is 5.99. The van der Waals surface area contributed by atoms with Gasteiger partial charge >= 0.3 is 11.9 Å². The molecule has 1 atom stereocenters. The highest BCUT2D eigenvalue weighted by atomic mass is 35.5. The van der Waals surface area contributed by atoms with Crippen LogP contribution in [0.4, 0.5) is 0 Å². The van der Waals surface area contributed by atoms with Gasteiger partial charge in [0.05, 0.1) is 18.9 Å². The first kappa shape index (κ1) is 16.2. The van der Waals surface area contributed by atoms with E-state index in [2.05, 4.69) is 6.92 Å². The Bertz CT molecular complexity index is 231. The van der Waals surface area contributed by atoms with Gasteiger partial charge in [-0.15, -0.1) is 11.6 Å². The molecule has 0 aromatic heterocycles. The van der Waals surface area contributed by atoms with Gasteiger partial charge in [0, 0.05) is 6.92 Å². The van der Waals surface area contributed by atoms with Crippen molar-refractivity contribution >= 4 is 23.5 Å². The molecule has 0 saturated heterocycles. The van der Waals surface area contributed by atoms with Crippen molar-refractivity contribution in [2.24, 2.45) is 0 Å². The van der Waals surface area contributed by atoms with E-state index in [1.54, 1.807) is 0 Å². The number of unbranched alkanes of at least 4 members (excludes halogenated alkanes) is 3. The van der Waals surface area contributed by atoms with E-state index in [0.29, 0.717) is 6.61 Å². The van der Waals surface area contributed by atoms with Gasteiger partial charge in [0.25, 0.3) is 0 Å². The molecule has 4 nitrogen and oxygen atoms in total. The second-order valence-corrected chi connectivity index (χ2v) is 4.18. The minimum Gasteiger partial charge on any atom is -0.466 e. The minimum absolute atomic E-state index is 0.0247. The quantitative estimate of drug-likeness (QED) is 0.365. The fourth-order valence-electron chi connectivity index (χ4n) is 1.32. The van der Waals surface area contributed by atoms with Crippen molar-refractivity contribution in [1.29, 1.82) is 0 Å². The van der Waals surface area contributed by atoms with Crippen molar-refractivity contribution in [2.45, 2.75) is 52.1 Å². The third kappa shape index (κ3) is 10.1. The summed E-state index contributed by atoms with van der Waals surface area (Å²) in [6.45, 7) is 3.83. The van der Waals surface area contributed by atoms with Crippen LogP contribution in [-0.2, 0) is 19.1 Å². The van der Waals surface area contributed by atoms with Crippen LogP contribution in [0.25, 0.3) is 0 Å². The summed E-state index contributed by atoms with van der Waals surface area (Å²) in [4.78, 5) is 22.0. The molecule has 17 heavy (non-hydrogen) atoms. The summed E-state index contributed by atoms with van der Waals surface area (Å²) >= 11 is 5.57. The molecule has 0 radical (unpaired) electrons. The molecule has 100 valence electrons. The number of rotatable bonds is 9. The van der Waals surface area contributed by atoms with E-state index in [1.165, 1.54) is 6.92 Å². The Kier molecular flexibility index (Phi) is 9.92. The average Bonchev–Trinajstić information content (AvgIpc) is 2.27. The Morgan fingerprint density at radius 1 is 1.24 bits per heavy atom. The van der Waals surface area contributed by atoms with Crippen molar-refractivity contribution in [3.63, 3.8) is 0 Å². The number of carbonyl (C=O) groups excluding carboxylic acids is 2. The SMILES string of the molecule is CCCCCCOC(=O)CC(CCl)OC(C)=O. The third-order valence-corrected chi connectivity index (χ3v) is 2.50. The van der Waals surface area contributed by atoms with Crippen LogP contribution >= 0.6 is 11.6 Å². The number of esters is 2. The zero-order chi connectivity index (χ0) is 13.1. The summed E-state index contributed by atoms with van der Waals surface area (Å²) in [5.41, 5.74) is 0. The topological polar surface area (TPSA) is 52.6 Å². The Morgan fingerprint density at radius 2 is 1.94 bits per heavy atom. The number of halogens is 1. The van der Waals surface area contributed by atoms with Gasteiger partial charge in [0.2, 0.25) is 0 Å². The lowest BCUT2D eigenvalue weighted by Crippen LogP contribution is -2.23. The maximum absolute atomic E-state index is 11.4. The first-order valence-corrected chi connectivity index (χ1v) is 6.52. The fourth-order valence-corrected chi connectivity index (χ4v) is 1.49. The predicted molar refractivity (Wildman–Crippen MR) is 66.0 cm³/mol. The molecule has 0 bridgehead atoms. The van der Waals surface area contributed by atoms with E-state index < -0.39 is 12.1 Å². The summed E-state index contributed by atoms with van der Waals surface area (Å²) in [7, 11) is 0. The molecular weight excluding hydrogens is 244 g/mol. The largest absolute Gasteiger partial charge is 0.466 e. The number of alkyl halides is 1. The summed E-state index contributed by atoms with van der Waals surface area (Å²) in [6.07, 6.45) is 3.67. The van der Waals surface area contributed by atoms with Crippen molar-refractivity contribution in [2.75, 3.05) is 12.5 Å². The number of carbonyl (C=O) groups is 2. The number of ether oxygens (including phenoxy) is 2. The summed E-state index contributed by atoms with van der Waals surface area (Å²) in [5.74, 6) is -0.704. The monoisotopic (exact) mass is 264 g/mol. The molecule has 0 saturated carbocycles. The van der Waals surface area contributed by atoms with Crippen molar-refractivity contribution in [3.05, 3.63) is 0 Å². The van der Waals surface area contributed by atoms with Gasteiger partial charge in [-0.25, -0.2) is 0 Å². The lowest BCUT2D eigenvalue weighted by atomic mass is 10.2. The van der Waals surface area contributed by atoms with Crippen LogP contribution in [0.1, 0.15) is 46.0 Å². The normalized spacial score (nSPS) is 11.9. The van der Waals surface area contributed by atoms with E-state index in [-0.39, 0.29) is 18.3 Å². The Labute approximate surface area is 108 Å². The zero-order valence-electron chi connectivity index (χ0n) is 10.5. The van der Waals surface area contributed by atoms with Crippen LogP contribution in [0.5, 0.6) is 0 Å². The smallest absolute Gasteiger partial charge is 0.309 e. The van der Waals surface area contributed by atoms with E-state index >= 15 is 0 Å². The van der Waals surface area contributed by atoms with Crippen molar-refractivity contribution in [3.8, 4) is 0 Å². The highest BCUT2D eigenvalue weighted by Gasteiger charge is 2.16. The molecule has 0 aromatic rings. The van der Waals surface area contributed by atoms with Gasteiger partial charge in [-0.05, 0) is 6.42 Å². The average molecular weight is 265 g/mol. The molecule has 0 aliphatic carbocycles. The predicted octanol–water partition coefficient (Wildman–Crippen LogP) is 2.67. The molecule has 1 unspecified atom stereocenters. The number of hydrogen-bond donors (Lipinski definition) is 0. The van der Waals surface area contributed by atoms with Gasteiger partial charge < -0.3 is 9.47 Å². The lowest BCUT2D eigenvalue weighted by molar-refractivity contribution is -0.152. The molecule has 0 heterocycles. The lowest BCUT2D eigenvalue weighted by Gasteiger charge is -2.13. The third-order valence-electron chi connectivity index (χ3n) is 2.16. The molecule has 0 spiro atoms. The van der Waals surface area contributed by atoms with E-state index in [1.807, 2.05) is 0 Å². The maximum atomic E-state index is 11.4. The maximum Gasteiger partial charge on any atom is 0.309 e. The van der Waals surface area contributed by atoms with E-state index in [0.717, 1.165) is 25.7 Å². The van der Waals surface area contributed by atoms with Crippen LogP contribution in [0, 0.1) is 0 Å². The highest BCUT2D eigenvalue weighted by molar-refractivity contribution is 6.18. The molecule has 0 rings (SSSR count). The molecule has 0 aromatic carbocycles. The van der Waals surface area contributed by atoms with Crippen LogP contribution in [0.3, 0.4) is 0 Å². The molecule has 0 fully saturated rings. The molecule has 5 heteroatoms. The van der Waals surface area contributed by atoms with E-state index in [9.17, 15) is 9.59 Å². The van der Waals surface area contributed by atoms with Crippen LogP contribution in [0.2, 0.25) is 0 Å². The Morgan fingerprint density at radius 3 is 2.47 bits per heavy atom. The molecule has 0 aliphatic rings. The molecule has 0 aliphatic heterocycles. The first-order chi connectivity index (χ1) is 8.10. The molecule has 0 amide bonds. The van der Waals surface area contributed by atoms with Crippen LogP contribution in [0.15, 0.2) is 0 Å². The fraction of sp³-hybridized carbons (Fsp3) is 0.833. The van der Waals surface area contributed by atoms with Crippen LogP contribution in [-0.4, -0.2) is 30.5 Å². The Hall–Kier alpha value is -0.770. The van der Waals surface area contributed by atoms with Gasteiger partial charge in [0.15, 0.2) is 0 Å². The highest BCUT2D eigenvalue weighted by Crippen LogP contribution is 2.05. The van der Waals surface area contributed by atoms with Gasteiger partial charge in [0.1, 0.15) is 6.10 Å². The van der Waals surface area contributed by atoms with Crippen molar-refractivity contribution < 1.29 is 19.1 Å². The number of hydrogen-bond acceptors (Lipinski definition) is 4. The summed E-state index contributed by atoms with van der Waals surface area (Å²) < 4.78 is 9.86. The standard InChI is InChI=1S/C12H21ClO4/c1-3-4-5-6-7-16-12(15)8-11(9-13)17-10(2)14/h11H,3-9H2,1-2H3. The minimum atomic E-state index is -0.586.